The number of fused-ring (bicyclic) bond motifs is 1. The first-order valence-corrected chi connectivity index (χ1v) is 10.7. The molecule has 1 heterocycles. The number of benzene rings is 2. The Morgan fingerprint density at radius 2 is 1.87 bits per heavy atom. The van der Waals surface area contributed by atoms with Crippen LogP contribution in [0.15, 0.2) is 60.7 Å². The quantitative estimate of drug-likeness (QED) is 0.253. The van der Waals surface area contributed by atoms with E-state index in [0.29, 0.717) is 25.2 Å². The minimum absolute atomic E-state index is 0.00651. The van der Waals surface area contributed by atoms with Crippen LogP contribution < -0.4 is 10.6 Å². The van der Waals surface area contributed by atoms with Gasteiger partial charge in [-0.2, -0.15) is 0 Å². The number of aromatic nitrogens is 1. The Morgan fingerprint density at radius 3 is 2.70 bits per heavy atom. The molecule has 2 unspecified atom stereocenters. The molecular formula is C22H22N4O3S. The summed E-state index contributed by atoms with van der Waals surface area (Å²) in [4.78, 5) is 28.3. The number of rotatable bonds is 7. The number of nitro benzene ring substituents is 1. The highest BCUT2D eigenvalue weighted by atomic mass is 32.1. The molecule has 8 heteroatoms. The largest absolute Gasteiger partial charge is 0.378 e. The normalized spacial score (nSPS) is 18.3. The summed E-state index contributed by atoms with van der Waals surface area (Å²) >= 11 is 1.65. The molecule has 2 aromatic carbocycles. The third kappa shape index (κ3) is 4.33. The van der Waals surface area contributed by atoms with Crippen molar-refractivity contribution in [1.82, 2.24) is 10.3 Å². The molecule has 7 nitrogen and oxygen atoms in total. The molecule has 1 amide bonds. The average Bonchev–Trinajstić information content (AvgIpc) is 3.21. The molecular weight excluding hydrogens is 400 g/mol. The zero-order chi connectivity index (χ0) is 20.9. The minimum atomic E-state index is -0.419. The van der Waals surface area contributed by atoms with Crippen LogP contribution in [0.3, 0.4) is 0 Å². The van der Waals surface area contributed by atoms with Gasteiger partial charge in [0.25, 0.3) is 5.69 Å². The molecule has 2 atom stereocenters. The van der Waals surface area contributed by atoms with Gasteiger partial charge in [0.1, 0.15) is 5.69 Å². The number of allylic oxidation sites excluding steroid dienone is 2. The van der Waals surface area contributed by atoms with Crippen LogP contribution >= 0.6 is 11.3 Å². The van der Waals surface area contributed by atoms with Crippen molar-refractivity contribution in [2.24, 2.45) is 5.92 Å². The number of hydrogen-bond donors (Lipinski definition) is 2. The van der Waals surface area contributed by atoms with E-state index < -0.39 is 4.92 Å². The molecule has 0 fully saturated rings. The number of nitrogens with zero attached hydrogens (tertiary/aromatic N) is 2. The van der Waals surface area contributed by atoms with Crippen molar-refractivity contribution in [2.75, 3.05) is 18.4 Å². The number of carbonyl (C=O) groups is 1. The molecule has 4 rings (SSSR count). The predicted molar refractivity (Wildman–Crippen MR) is 119 cm³/mol. The van der Waals surface area contributed by atoms with Gasteiger partial charge in [-0.1, -0.05) is 36.4 Å². The number of thiazole rings is 1. The number of nitro groups is 1. The molecule has 3 aromatic rings. The minimum Gasteiger partial charge on any atom is -0.378 e. The number of amides is 1. The number of nitrogens with one attached hydrogen (secondary N) is 2. The first-order chi connectivity index (χ1) is 14.6. The molecule has 0 saturated heterocycles. The van der Waals surface area contributed by atoms with Gasteiger partial charge in [0.05, 0.1) is 26.1 Å². The van der Waals surface area contributed by atoms with Crippen molar-refractivity contribution in [3.63, 3.8) is 0 Å². The Balaban J connectivity index is 1.37. The van der Waals surface area contributed by atoms with Gasteiger partial charge in [-0.05, 0) is 31.0 Å². The zero-order valence-corrected chi connectivity index (χ0v) is 17.1. The zero-order valence-electron chi connectivity index (χ0n) is 16.3. The van der Waals surface area contributed by atoms with E-state index in [2.05, 4.69) is 28.9 Å². The molecule has 1 aliphatic carbocycles. The molecule has 0 bridgehead atoms. The maximum Gasteiger partial charge on any atom is 0.292 e. The highest BCUT2D eigenvalue weighted by molar-refractivity contribution is 7.18. The van der Waals surface area contributed by atoms with Gasteiger partial charge in [-0.3, -0.25) is 14.9 Å². The lowest BCUT2D eigenvalue weighted by Gasteiger charge is -2.26. The van der Waals surface area contributed by atoms with Gasteiger partial charge in [0.15, 0.2) is 0 Å². The summed E-state index contributed by atoms with van der Waals surface area (Å²) in [7, 11) is 0. The lowest BCUT2D eigenvalue weighted by Crippen LogP contribution is -2.37. The van der Waals surface area contributed by atoms with Crippen molar-refractivity contribution in [2.45, 2.75) is 18.8 Å². The van der Waals surface area contributed by atoms with Crippen LogP contribution in [0.2, 0.25) is 0 Å². The Kier molecular flexibility index (Phi) is 6.04. The Hall–Kier alpha value is -3.26. The summed E-state index contributed by atoms with van der Waals surface area (Å²) in [6.45, 7) is 0.794. The van der Waals surface area contributed by atoms with Crippen molar-refractivity contribution in [1.29, 1.82) is 0 Å². The molecule has 1 aliphatic rings. The second-order valence-electron chi connectivity index (χ2n) is 7.17. The monoisotopic (exact) mass is 422 g/mol. The predicted octanol–water partition coefficient (Wildman–Crippen LogP) is 4.48. The van der Waals surface area contributed by atoms with Gasteiger partial charge in [-0.15, -0.1) is 11.3 Å². The number of anilines is 1. The van der Waals surface area contributed by atoms with E-state index in [1.54, 1.807) is 29.5 Å². The summed E-state index contributed by atoms with van der Waals surface area (Å²) in [5, 5.41) is 18.1. The van der Waals surface area contributed by atoms with Crippen LogP contribution in [-0.2, 0) is 4.79 Å². The third-order valence-corrected chi connectivity index (χ3v) is 6.41. The summed E-state index contributed by atoms with van der Waals surface area (Å²) < 4.78 is 1.13. The van der Waals surface area contributed by atoms with Gasteiger partial charge in [0.2, 0.25) is 5.91 Å². The van der Waals surface area contributed by atoms with Crippen LogP contribution in [0.5, 0.6) is 0 Å². The van der Waals surface area contributed by atoms with E-state index in [4.69, 9.17) is 4.98 Å². The Labute approximate surface area is 178 Å². The fourth-order valence-electron chi connectivity index (χ4n) is 3.72. The van der Waals surface area contributed by atoms with Gasteiger partial charge < -0.3 is 10.6 Å². The topological polar surface area (TPSA) is 97.2 Å². The molecule has 154 valence electrons. The smallest absolute Gasteiger partial charge is 0.292 e. The van der Waals surface area contributed by atoms with E-state index in [9.17, 15) is 14.9 Å². The SMILES string of the molecule is O=C(NCCNc1ccccc1[N+](=O)[O-])C1CC=CCC1c1nc2ccccc2s1. The van der Waals surface area contributed by atoms with Crippen LogP contribution in [0.1, 0.15) is 23.8 Å². The first kappa shape index (κ1) is 20.0. The van der Waals surface area contributed by atoms with Crippen LogP contribution in [0.25, 0.3) is 10.2 Å². The van der Waals surface area contributed by atoms with Crippen LogP contribution in [0, 0.1) is 16.0 Å². The Morgan fingerprint density at radius 1 is 1.10 bits per heavy atom. The van der Waals surface area contributed by atoms with E-state index in [1.807, 2.05) is 18.2 Å². The summed E-state index contributed by atoms with van der Waals surface area (Å²) in [5.74, 6) is -0.106. The molecule has 0 spiro atoms. The number of hydrogen-bond acceptors (Lipinski definition) is 6. The maximum absolute atomic E-state index is 12.9. The third-order valence-electron chi connectivity index (χ3n) is 5.24. The summed E-state index contributed by atoms with van der Waals surface area (Å²) in [5.41, 5.74) is 1.45. The van der Waals surface area contributed by atoms with Gasteiger partial charge >= 0.3 is 0 Å². The molecule has 0 aliphatic heterocycles. The van der Waals surface area contributed by atoms with Crippen LogP contribution in [-0.4, -0.2) is 28.9 Å². The van der Waals surface area contributed by atoms with Gasteiger partial charge in [0, 0.05) is 25.1 Å². The number of carbonyl (C=O) groups excluding carboxylic acids is 1. The second kappa shape index (κ2) is 9.04. The molecule has 30 heavy (non-hydrogen) atoms. The van der Waals surface area contributed by atoms with E-state index in [-0.39, 0.29) is 23.4 Å². The average molecular weight is 423 g/mol. The summed E-state index contributed by atoms with van der Waals surface area (Å²) in [6, 6.07) is 14.5. The van der Waals surface area contributed by atoms with Crippen molar-refractivity contribution in [3.05, 3.63) is 75.8 Å². The maximum atomic E-state index is 12.9. The molecule has 0 saturated carbocycles. The van der Waals surface area contributed by atoms with E-state index in [0.717, 1.165) is 21.6 Å². The highest BCUT2D eigenvalue weighted by Gasteiger charge is 2.32. The lowest BCUT2D eigenvalue weighted by atomic mass is 9.82. The van der Waals surface area contributed by atoms with E-state index >= 15 is 0 Å². The first-order valence-electron chi connectivity index (χ1n) is 9.89. The fraction of sp³-hybridized carbons (Fsp3) is 0.273. The second-order valence-corrected chi connectivity index (χ2v) is 8.23. The lowest BCUT2D eigenvalue weighted by molar-refractivity contribution is -0.384. The highest BCUT2D eigenvalue weighted by Crippen LogP contribution is 2.38. The Bertz CT molecular complexity index is 1060. The van der Waals surface area contributed by atoms with Crippen LogP contribution in [0.4, 0.5) is 11.4 Å². The number of para-hydroxylation sites is 3. The molecule has 1 aromatic heterocycles. The van der Waals surface area contributed by atoms with Crippen molar-refractivity contribution < 1.29 is 9.72 Å². The van der Waals surface area contributed by atoms with Crippen molar-refractivity contribution in [3.8, 4) is 0 Å². The van der Waals surface area contributed by atoms with Gasteiger partial charge in [-0.25, -0.2) is 4.98 Å². The van der Waals surface area contributed by atoms with Crippen molar-refractivity contribution >= 4 is 38.8 Å². The molecule has 2 N–H and O–H groups in total. The van der Waals surface area contributed by atoms with E-state index in [1.165, 1.54) is 6.07 Å². The molecule has 0 radical (unpaired) electrons. The standard InChI is InChI=1S/C22H22N4O3S/c27-21(24-14-13-23-17-9-3-5-11-19(17)26(28)29)15-7-1-2-8-16(15)22-25-18-10-4-6-12-20(18)30-22/h1-6,9-12,15-16,23H,7-8,13-14H2,(H,24,27). The fourth-order valence-corrected chi connectivity index (χ4v) is 4.87. The summed E-state index contributed by atoms with van der Waals surface area (Å²) in [6.07, 6.45) is 5.66.